The van der Waals surface area contributed by atoms with Gasteiger partial charge in [-0.1, -0.05) is 12.1 Å². The van der Waals surface area contributed by atoms with Gasteiger partial charge < -0.3 is 10.6 Å². The summed E-state index contributed by atoms with van der Waals surface area (Å²) in [4.78, 5) is 16.9. The number of hydrogen-bond donors (Lipinski definition) is 1. The summed E-state index contributed by atoms with van der Waals surface area (Å²) in [6.45, 7) is 4.06. The Balaban J connectivity index is 2.63. The Morgan fingerprint density at radius 1 is 1.42 bits per heavy atom. The lowest BCUT2D eigenvalue weighted by Crippen LogP contribution is -2.29. The fourth-order valence-electron chi connectivity index (χ4n) is 2.17. The van der Waals surface area contributed by atoms with Crippen molar-refractivity contribution in [3.05, 3.63) is 40.6 Å². The molecule has 0 spiro atoms. The molecule has 1 aromatic heterocycles. The first-order valence-corrected chi connectivity index (χ1v) is 6.16. The number of hydrogen-bond acceptors (Lipinski definition) is 5. The SMILES string of the molecule is CCN(CCN)c1ccnc2c([N+](=O)[O-])cccc12. The fourth-order valence-corrected chi connectivity index (χ4v) is 2.17. The zero-order valence-electron chi connectivity index (χ0n) is 10.7. The molecule has 1 heterocycles. The van der Waals surface area contributed by atoms with Crippen LogP contribution in [0.4, 0.5) is 11.4 Å². The summed E-state index contributed by atoms with van der Waals surface area (Å²) in [5.74, 6) is 0. The van der Waals surface area contributed by atoms with E-state index in [0.29, 0.717) is 18.6 Å². The third-order valence-electron chi connectivity index (χ3n) is 3.04. The lowest BCUT2D eigenvalue weighted by atomic mass is 10.1. The van der Waals surface area contributed by atoms with Crippen LogP contribution in [0.5, 0.6) is 0 Å². The maximum absolute atomic E-state index is 11.0. The van der Waals surface area contributed by atoms with Gasteiger partial charge in [-0.2, -0.15) is 0 Å². The van der Waals surface area contributed by atoms with Crippen LogP contribution in [0, 0.1) is 10.1 Å². The molecule has 0 unspecified atom stereocenters. The largest absolute Gasteiger partial charge is 0.370 e. The van der Waals surface area contributed by atoms with Gasteiger partial charge in [0.25, 0.3) is 5.69 Å². The summed E-state index contributed by atoms with van der Waals surface area (Å²) in [5, 5.41) is 11.8. The molecular weight excluding hydrogens is 244 g/mol. The van der Waals surface area contributed by atoms with Gasteiger partial charge >= 0.3 is 0 Å². The molecule has 0 aliphatic rings. The zero-order chi connectivity index (χ0) is 13.8. The molecule has 0 aliphatic carbocycles. The van der Waals surface area contributed by atoms with Gasteiger partial charge in [0, 0.05) is 43.0 Å². The molecule has 0 bridgehead atoms. The van der Waals surface area contributed by atoms with Crippen LogP contribution in [0.25, 0.3) is 10.9 Å². The second kappa shape index (κ2) is 5.62. The van der Waals surface area contributed by atoms with Crippen LogP contribution < -0.4 is 10.6 Å². The number of nitro groups is 1. The number of benzene rings is 1. The average Bonchev–Trinajstić information content (AvgIpc) is 2.43. The quantitative estimate of drug-likeness (QED) is 0.655. The Labute approximate surface area is 111 Å². The molecule has 0 radical (unpaired) electrons. The molecule has 1 aromatic carbocycles. The third-order valence-corrected chi connectivity index (χ3v) is 3.04. The van der Waals surface area contributed by atoms with Crippen molar-refractivity contribution in [2.24, 2.45) is 5.73 Å². The van der Waals surface area contributed by atoms with E-state index in [4.69, 9.17) is 5.73 Å². The van der Waals surface area contributed by atoms with Crippen molar-refractivity contribution in [1.29, 1.82) is 0 Å². The average molecular weight is 260 g/mol. The van der Waals surface area contributed by atoms with Crippen molar-refractivity contribution in [2.75, 3.05) is 24.5 Å². The highest BCUT2D eigenvalue weighted by Gasteiger charge is 2.16. The van der Waals surface area contributed by atoms with Crippen LogP contribution in [0.15, 0.2) is 30.5 Å². The number of nitro benzene ring substituents is 1. The normalized spacial score (nSPS) is 10.6. The number of fused-ring (bicyclic) bond motifs is 1. The van der Waals surface area contributed by atoms with Gasteiger partial charge in [-0.25, -0.2) is 4.98 Å². The summed E-state index contributed by atoms with van der Waals surface area (Å²) in [5.41, 5.74) is 6.98. The number of nitrogens with two attached hydrogens (primary N) is 1. The molecule has 2 N–H and O–H groups in total. The van der Waals surface area contributed by atoms with Crippen molar-refractivity contribution in [3.8, 4) is 0 Å². The van der Waals surface area contributed by atoms with Crippen LogP contribution >= 0.6 is 0 Å². The van der Waals surface area contributed by atoms with E-state index in [2.05, 4.69) is 9.88 Å². The first-order valence-electron chi connectivity index (χ1n) is 6.16. The number of anilines is 1. The Morgan fingerprint density at radius 3 is 2.84 bits per heavy atom. The van der Waals surface area contributed by atoms with Gasteiger partial charge in [-0.3, -0.25) is 10.1 Å². The predicted molar refractivity (Wildman–Crippen MR) is 75.3 cm³/mol. The minimum atomic E-state index is -0.404. The van der Waals surface area contributed by atoms with Crippen molar-refractivity contribution < 1.29 is 4.92 Å². The molecule has 0 atom stereocenters. The molecular formula is C13H16N4O2. The van der Waals surface area contributed by atoms with Gasteiger partial charge in [-0.15, -0.1) is 0 Å². The van der Waals surface area contributed by atoms with Gasteiger partial charge in [0.2, 0.25) is 0 Å². The van der Waals surface area contributed by atoms with Crippen molar-refractivity contribution >= 4 is 22.3 Å². The molecule has 2 aromatic rings. The second-order valence-electron chi connectivity index (χ2n) is 4.13. The number of rotatable bonds is 5. The first-order chi connectivity index (χ1) is 9.19. The molecule has 0 fully saturated rings. The van der Waals surface area contributed by atoms with Crippen LogP contribution in [-0.2, 0) is 0 Å². The molecule has 19 heavy (non-hydrogen) atoms. The number of para-hydroxylation sites is 1. The number of nitrogens with zero attached hydrogens (tertiary/aromatic N) is 3. The maximum atomic E-state index is 11.0. The Bertz CT molecular complexity index is 600. The second-order valence-corrected chi connectivity index (χ2v) is 4.13. The van der Waals surface area contributed by atoms with Crippen LogP contribution in [0.2, 0.25) is 0 Å². The maximum Gasteiger partial charge on any atom is 0.295 e. The lowest BCUT2D eigenvalue weighted by molar-refractivity contribution is -0.383. The number of non-ortho nitro benzene ring substituents is 1. The smallest absolute Gasteiger partial charge is 0.295 e. The topological polar surface area (TPSA) is 85.3 Å². The number of pyridine rings is 1. The molecule has 0 saturated carbocycles. The van der Waals surface area contributed by atoms with Crippen molar-refractivity contribution in [2.45, 2.75) is 6.92 Å². The Hall–Kier alpha value is -2.21. The molecule has 100 valence electrons. The van der Waals surface area contributed by atoms with E-state index in [0.717, 1.165) is 17.6 Å². The number of aromatic nitrogens is 1. The van der Waals surface area contributed by atoms with Crippen molar-refractivity contribution in [1.82, 2.24) is 4.98 Å². The molecule has 0 aliphatic heterocycles. The van der Waals surface area contributed by atoms with E-state index in [1.54, 1.807) is 12.3 Å². The number of likely N-dealkylation sites (N-methyl/N-ethyl adjacent to an activating group) is 1. The lowest BCUT2D eigenvalue weighted by Gasteiger charge is -2.23. The molecule has 6 heteroatoms. The summed E-state index contributed by atoms with van der Waals surface area (Å²) < 4.78 is 0. The monoisotopic (exact) mass is 260 g/mol. The molecule has 0 amide bonds. The van der Waals surface area contributed by atoms with E-state index < -0.39 is 4.92 Å². The van der Waals surface area contributed by atoms with Crippen LogP contribution in [-0.4, -0.2) is 29.5 Å². The van der Waals surface area contributed by atoms with Gasteiger partial charge in [0.15, 0.2) is 0 Å². The van der Waals surface area contributed by atoms with Crippen molar-refractivity contribution in [3.63, 3.8) is 0 Å². The minimum absolute atomic E-state index is 0.0307. The molecule has 6 nitrogen and oxygen atoms in total. The van der Waals surface area contributed by atoms with E-state index in [-0.39, 0.29) is 5.69 Å². The fraction of sp³-hybridized carbons (Fsp3) is 0.308. The highest BCUT2D eigenvalue weighted by atomic mass is 16.6. The van der Waals surface area contributed by atoms with E-state index >= 15 is 0 Å². The summed E-state index contributed by atoms with van der Waals surface area (Å²) >= 11 is 0. The van der Waals surface area contributed by atoms with Crippen LogP contribution in [0.1, 0.15) is 6.92 Å². The Kier molecular flexibility index (Phi) is 3.91. The molecule has 2 rings (SSSR count). The highest BCUT2D eigenvalue weighted by molar-refractivity contribution is 5.96. The minimum Gasteiger partial charge on any atom is -0.370 e. The van der Waals surface area contributed by atoms with E-state index in [9.17, 15) is 10.1 Å². The highest BCUT2D eigenvalue weighted by Crippen LogP contribution is 2.30. The third kappa shape index (κ3) is 2.48. The summed E-state index contributed by atoms with van der Waals surface area (Å²) in [6, 6.07) is 6.87. The summed E-state index contributed by atoms with van der Waals surface area (Å²) in [7, 11) is 0. The van der Waals surface area contributed by atoms with E-state index in [1.165, 1.54) is 6.07 Å². The van der Waals surface area contributed by atoms with Gasteiger partial charge in [-0.05, 0) is 13.0 Å². The van der Waals surface area contributed by atoms with E-state index in [1.807, 2.05) is 19.1 Å². The predicted octanol–water partition coefficient (Wildman–Crippen LogP) is 1.93. The summed E-state index contributed by atoms with van der Waals surface area (Å²) in [6.07, 6.45) is 1.60. The van der Waals surface area contributed by atoms with Crippen LogP contribution in [0.3, 0.4) is 0 Å². The van der Waals surface area contributed by atoms with Gasteiger partial charge in [0.1, 0.15) is 5.52 Å². The standard InChI is InChI=1S/C13H16N4O2/c1-2-16(9-7-14)11-6-8-15-13-10(11)4-3-5-12(13)17(18)19/h3-6,8H,2,7,9,14H2,1H3. The first kappa shape index (κ1) is 13.2. The zero-order valence-corrected chi connectivity index (χ0v) is 10.7. The van der Waals surface area contributed by atoms with Gasteiger partial charge in [0.05, 0.1) is 4.92 Å². The molecule has 0 saturated heterocycles. The Morgan fingerprint density at radius 2 is 2.21 bits per heavy atom.